The monoisotopic (exact) mass is 567 g/mol. The molecule has 8 heteroatoms. The quantitative estimate of drug-likeness (QED) is 0.278. The summed E-state index contributed by atoms with van der Waals surface area (Å²) in [6.07, 6.45) is 4.89. The Morgan fingerprint density at radius 3 is 0.944 bits per heavy atom. The number of aliphatic hydroxyl groups excluding tert-OH is 1. The molecule has 0 bridgehead atoms. The number of fused-ring (bicyclic) bond motifs is 3. The first-order chi connectivity index (χ1) is 17.1. The van der Waals surface area contributed by atoms with E-state index in [2.05, 4.69) is 15.0 Å². The molecule has 7 nitrogen and oxygen atoms in total. The summed E-state index contributed by atoms with van der Waals surface area (Å²) in [4.78, 5) is 11.9. The number of hydrogen-bond donors (Lipinski definition) is 1. The van der Waals surface area contributed by atoms with Crippen molar-refractivity contribution in [3.05, 3.63) is 110 Å². The Morgan fingerprint density at radius 1 is 0.444 bits per heavy atom. The van der Waals surface area contributed by atoms with Gasteiger partial charge in [0, 0.05) is 25.7 Å². The second-order valence-corrected chi connectivity index (χ2v) is 6.99. The standard InChI is InChI=1S/3C9H7NO.CH4O.Rh/c3*11-8-5-1-3-7-4-2-6-10-9(7)8;1-2;/h3*1-6,11H;2H,1H3;/q;;;;+3/p-3. The van der Waals surface area contributed by atoms with E-state index in [9.17, 15) is 15.3 Å². The molecule has 0 aliphatic heterocycles. The van der Waals surface area contributed by atoms with Crippen molar-refractivity contribution in [2.75, 3.05) is 7.11 Å². The molecule has 6 aromatic rings. The van der Waals surface area contributed by atoms with Crippen LogP contribution in [0.4, 0.5) is 0 Å². The summed E-state index contributed by atoms with van der Waals surface area (Å²) in [6, 6.07) is 26.5. The number of para-hydroxylation sites is 3. The zero-order chi connectivity index (χ0) is 25.0. The molecule has 0 amide bonds. The van der Waals surface area contributed by atoms with Gasteiger partial charge in [-0.2, -0.15) is 0 Å². The van der Waals surface area contributed by atoms with Crippen molar-refractivity contribution < 1.29 is 39.9 Å². The van der Waals surface area contributed by atoms with Gasteiger partial charge in [-0.25, -0.2) is 0 Å². The predicted octanol–water partition coefficient (Wildman–Crippen LogP) is 3.53. The SMILES string of the molecule is CO.[O-]c1cccc2cccnc12.[O-]c1cccc2cccnc12.[O-]c1cccc2cccnc12.[Rh+3]. The van der Waals surface area contributed by atoms with Gasteiger partial charge in [-0.15, -0.1) is 0 Å². The number of aliphatic hydroxyl groups is 1. The van der Waals surface area contributed by atoms with Gasteiger partial charge in [-0.05, 0) is 34.4 Å². The van der Waals surface area contributed by atoms with E-state index in [-0.39, 0.29) is 36.7 Å². The molecule has 3 aromatic heterocycles. The third-order valence-corrected chi connectivity index (χ3v) is 4.79. The fourth-order valence-corrected chi connectivity index (χ4v) is 3.23. The first-order valence-electron chi connectivity index (χ1n) is 10.6. The van der Waals surface area contributed by atoms with E-state index in [1.54, 1.807) is 36.8 Å². The van der Waals surface area contributed by atoms with Gasteiger partial charge in [0.05, 0.1) is 16.6 Å². The van der Waals surface area contributed by atoms with Gasteiger partial charge >= 0.3 is 19.5 Å². The molecule has 0 radical (unpaired) electrons. The minimum atomic E-state index is -0.0110. The first kappa shape index (κ1) is 28.1. The Labute approximate surface area is 221 Å². The van der Waals surface area contributed by atoms with Crippen LogP contribution in [-0.2, 0) is 19.5 Å². The second kappa shape index (κ2) is 14.3. The molecule has 182 valence electrons. The van der Waals surface area contributed by atoms with E-state index in [0.29, 0.717) is 16.6 Å². The van der Waals surface area contributed by atoms with E-state index < -0.39 is 0 Å². The Morgan fingerprint density at radius 2 is 0.694 bits per heavy atom. The van der Waals surface area contributed by atoms with Crippen LogP contribution in [0.1, 0.15) is 0 Å². The molecule has 0 spiro atoms. The molecule has 0 aliphatic carbocycles. The summed E-state index contributed by atoms with van der Waals surface area (Å²) < 4.78 is 0. The van der Waals surface area contributed by atoms with Crippen LogP contribution in [0.25, 0.3) is 32.7 Å². The van der Waals surface area contributed by atoms with E-state index in [0.717, 1.165) is 23.3 Å². The molecule has 36 heavy (non-hydrogen) atoms. The largest absolute Gasteiger partial charge is 3.00 e. The number of hydrogen-bond acceptors (Lipinski definition) is 7. The minimum absolute atomic E-state index is 0. The van der Waals surface area contributed by atoms with Crippen LogP contribution in [0.2, 0.25) is 0 Å². The van der Waals surface area contributed by atoms with Gasteiger partial charge in [0.2, 0.25) is 0 Å². The molecule has 0 unspecified atom stereocenters. The Balaban J connectivity index is 0.000000181. The molecular formula is C28H22N3O4Rh. The zero-order valence-corrected chi connectivity index (χ0v) is 20.9. The molecule has 3 aromatic carbocycles. The number of rotatable bonds is 0. The maximum atomic E-state index is 11.1. The summed E-state index contributed by atoms with van der Waals surface area (Å²) in [7, 11) is 1.00. The van der Waals surface area contributed by atoms with Crippen LogP contribution in [0, 0.1) is 0 Å². The maximum Gasteiger partial charge on any atom is 3.00 e. The molecular weight excluding hydrogens is 545 g/mol. The Bertz CT molecular complexity index is 1330. The number of pyridine rings is 3. The summed E-state index contributed by atoms with van der Waals surface area (Å²) in [5.74, 6) is -0.0331. The van der Waals surface area contributed by atoms with Gasteiger partial charge < -0.3 is 20.4 Å². The Kier molecular flexibility index (Phi) is 11.2. The average molecular weight is 567 g/mol. The fourth-order valence-electron chi connectivity index (χ4n) is 3.23. The number of aromatic nitrogens is 3. The van der Waals surface area contributed by atoms with E-state index in [1.165, 1.54) is 18.2 Å². The van der Waals surface area contributed by atoms with Gasteiger partial charge in [0.15, 0.2) is 0 Å². The average Bonchev–Trinajstić information content (AvgIpc) is 2.92. The second-order valence-electron chi connectivity index (χ2n) is 6.99. The van der Waals surface area contributed by atoms with E-state index >= 15 is 0 Å². The number of nitrogens with zero attached hydrogens (tertiary/aromatic N) is 3. The van der Waals surface area contributed by atoms with E-state index in [1.807, 2.05) is 54.6 Å². The fraction of sp³-hybridized carbons (Fsp3) is 0.0357. The molecule has 1 N–H and O–H groups in total. The van der Waals surface area contributed by atoms with Gasteiger partial charge in [0.1, 0.15) is 0 Å². The van der Waals surface area contributed by atoms with Crippen LogP contribution in [-0.4, -0.2) is 27.2 Å². The first-order valence-corrected chi connectivity index (χ1v) is 10.6. The van der Waals surface area contributed by atoms with Crippen molar-refractivity contribution in [2.24, 2.45) is 0 Å². The minimum Gasteiger partial charge on any atom is -0.871 e. The molecule has 0 aliphatic rings. The topological polar surface area (TPSA) is 128 Å². The van der Waals surface area contributed by atoms with Gasteiger partial charge in [-0.1, -0.05) is 90.0 Å². The van der Waals surface area contributed by atoms with Crippen LogP contribution in [0.15, 0.2) is 110 Å². The smallest absolute Gasteiger partial charge is 0.871 e. The predicted molar refractivity (Wildman–Crippen MR) is 132 cm³/mol. The van der Waals surface area contributed by atoms with Crippen LogP contribution < -0.4 is 15.3 Å². The van der Waals surface area contributed by atoms with Gasteiger partial charge in [-0.3, -0.25) is 15.0 Å². The third-order valence-electron chi connectivity index (χ3n) is 4.79. The third kappa shape index (κ3) is 7.19. The van der Waals surface area contributed by atoms with Crippen LogP contribution in [0.3, 0.4) is 0 Å². The molecule has 0 fully saturated rings. The van der Waals surface area contributed by atoms with Crippen molar-refractivity contribution in [1.29, 1.82) is 0 Å². The normalized spacial score (nSPS) is 9.50. The van der Waals surface area contributed by atoms with E-state index in [4.69, 9.17) is 5.11 Å². The van der Waals surface area contributed by atoms with Crippen LogP contribution >= 0.6 is 0 Å². The summed E-state index contributed by atoms with van der Waals surface area (Å²) in [5.41, 5.74) is 1.65. The number of benzene rings is 3. The van der Waals surface area contributed by atoms with Crippen molar-refractivity contribution >= 4 is 32.7 Å². The van der Waals surface area contributed by atoms with Crippen molar-refractivity contribution in [3.8, 4) is 17.2 Å². The maximum absolute atomic E-state index is 11.1. The molecule has 3 heterocycles. The summed E-state index contributed by atoms with van der Waals surface area (Å²) in [6.45, 7) is 0. The molecule has 0 atom stereocenters. The van der Waals surface area contributed by atoms with Crippen LogP contribution in [0.5, 0.6) is 17.2 Å². The molecule has 0 saturated heterocycles. The van der Waals surface area contributed by atoms with Gasteiger partial charge in [0.25, 0.3) is 0 Å². The molecule has 0 saturated carbocycles. The summed E-state index contributed by atoms with van der Waals surface area (Å²) >= 11 is 0. The Hall–Kier alpha value is -4.13. The van der Waals surface area contributed by atoms with Crippen molar-refractivity contribution in [2.45, 2.75) is 0 Å². The van der Waals surface area contributed by atoms with Crippen molar-refractivity contribution in [3.63, 3.8) is 0 Å². The zero-order valence-electron chi connectivity index (χ0n) is 19.2. The molecule has 6 rings (SSSR count). The van der Waals surface area contributed by atoms with Crippen molar-refractivity contribution in [1.82, 2.24) is 15.0 Å². The summed E-state index contributed by atoms with van der Waals surface area (Å²) in [5, 5.41) is 43.1.